The lowest BCUT2D eigenvalue weighted by Gasteiger charge is -2.07. The number of para-hydroxylation sites is 1. The van der Waals surface area contributed by atoms with Crippen molar-refractivity contribution in [1.82, 2.24) is 4.98 Å². The lowest BCUT2D eigenvalue weighted by atomic mass is 10.1. The minimum Gasteiger partial charge on any atom is -0.457 e. The second-order valence-electron chi connectivity index (χ2n) is 6.25. The number of hydrogen-bond donors (Lipinski definition) is 1. The predicted octanol–water partition coefficient (Wildman–Crippen LogP) is 5.44. The molecule has 2 aromatic heterocycles. The highest BCUT2D eigenvalue weighted by Gasteiger charge is 2.13. The summed E-state index contributed by atoms with van der Waals surface area (Å²) < 4.78 is 12.6. The van der Waals surface area contributed by atoms with Gasteiger partial charge in [0, 0.05) is 11.6 Å². The van der Waals surface area contributed by atoms with E-state index in [0.29, 0.717) is 33.1 Å². The molecule has 5 aromatic rings. The molecule has 0 saturated heterocycles. The highest BCUT2D eigenvalue weighted by atomic mass is 32.1. The van der Waals surface area contributed by atoms with E-state index in [9.17, 15) is 4.79 Å². The molecule has 0 atom stereocenters. The van der Waals surface area contributed by atoms with Crippen LogP contribution in [0.3, 0.4) is 0 Å². The molecule has 0 radical (unpaired) electrons. The molecular weight excluding hydrogens is 372 g/mol. The number of ether oxygens (including phenoxy) is 1. The van der Waals surface area contributed by atoms with Crippen LogP contribution in [0, 0.1) is 0 Å². The van der Waals surface area contributed by atoms with Gasteiger partial charge in [-0.15, -0.1) is 0 Å². The van der Waals surface area contributed by atoms with Crippen LogP contribution in [0.4, 0.5) is 5.13 Å². The fraction of sp³-hybridized carbons (Fsp3) is 0. The number of rotatable bonds is 3. The first-order chi connectivity index (χ1) is 13.7. The molecule has 3 aromatic carbocycles. The van der Waals surface area contributed by atoms with Gasteiger partial charge in [-0.2, -0.15) is 0 Å². The summed E-state index contributed by atoms with van der Waals surface area (Å²) in [5, 5.41) is 0.944. The van der Waals surface area contributed by atoms with Gasteiger partial charge in [0.1, 0.15) is 22.8 Å². The fourth-order valence-electron chi connectivity index (χ4n) is 3.10. The molecule has 0 fully saturated rings. The number of fused-ring (bicyclic) bond motifs is 3. The Labute approximate surface area is 163 Å². The summed E-state index contributed by atoms with van der Waals surface area (Å²) in [6, 6.07) is 22.1. The van der Waals surface area contributed by atoms with Crippen molar-refractivity contribution in [3.8, 4) is 22.8 Å². The van der Waals surface area contributed by atoms with E-state index in [-0.39, 0.29) is 5.43 Å². The van der Waals surface area contributed by atoms with Crippen molar-refractivity contribution < 1.29 is 9.15 Å². The van der Waals surface area contributed by atoms with Gasteiger partial charge in [-0.3, -0.25) is 4.79 Å². The monoisotopic (exact) mass is 386 g/mol. The summed E-state index contributed by atoms with van der Waals surface area (Å²) in [5.41, 5.74) is 7.69. The molecule has 2 N–H and O–H groups in total. The van der Waals surface area contributed by atoms with E-state index in [1.165, 1.54) is 17.4 Å². The molecule has 136 valence electrons. The smallest absolute Gasteiger partial charge is 0.194 e. The average Bonchev–Trinajstić information content (AvgIpc) is 3.09. The first-order valence-corrected chi connectivity index (χ1v) is 9.45. The summed E-state index contributed by atoms with van der Waals surface area (Å²) in [6.07, 6.45) is 0. The van der Waals surface area contributed by atoms with Crippen LogP contribution in [0.2, 0.25) is 0 Å². The Morgan fingerprint density at radius 2 is 1.68 bits per heavy atom. The Balaban J connectivity index is 1.54. The van der Waals surface area contributed by atoms with Gasteiger partial charge in [-0.05, 0) is 48.5 Å². The number of benzene rings is 3. The van der Waals surface area contributed by atoms with Crippen LogP contribution in [0.15, 0.2) is 82.0 Å². The highest BCUT2D eigenvalue weighted by Crippen LogP contribution is 2.32. The Morgan fingerprint density at radius 3 is 2.46 bits per heavy atom. The minimum atomic E-state index is -0.116. The zero-order chi connectivity index (χ0) is 19.1. The van der Waals surface area contributed by atoms with E-state index in [1.54, 1.807) is 6.07 Å². The minimum absolute atomic E-state index is 0.116. The van der Waals surface area contributed by atoms with Crippen LogP contribution < -0.4 is 15.9 Å². The molecule has 0 aliphatic carbocycles. The van der Waals surface area contributed by atoms with E-state index in [2.05, 4.69) is 4.98 Å². The third-order valence-corrected chi connectivity index (χ3v) is 5.30. The van der Waals surface area contributed by atoms with E-state index < -0.39 is 0 Å². The number of nitrogens with zero attached hydrogens (tertiary/aromatic N) is 1. The zero-order valence-electron chi connectivity index (χ0n) is 14.6. The second kappa shape index (κ2) is 6.51. The number of hydrogen-bond acceptors (Lipinski definition) is 6. The van der Waals surface area contributed by atoms with Crippen LogP contribution >= 0.6 is 11.3 Å². The van der Waals surface area contributed by atoms with Gasteiger partial charge in [0.05, 0.1) is 15.6 Å². The van der Waals surface area contributed by atoms with Crippen molar-refractivity contribution in [3.63, 3.8) is 0 Å². The molecule has 6 heteroatoms. The molecule has 0 aliphatic rings. The molecule has 0 saturated carbocycles. The summed E-state index contributed by atoms with van der Waals surface area (Å²) in [6.45, 7) is 0. The maximum Gasteiger partial charge on any atom is 0.194 e. The predicted molar refractivity (Wildman–Crippen MR) is 112 cm³/mol. The maximum absolute atomic E-state index is 12.8. The van der Waals surface area contributed by atoms with Crippen LogP contribution in [0.1, 0.15) is 0 Å². The lowest BCUT2D eigenvalue weighted by Crippen LogP contribution is -2.00. The molecule has 0 spiro atoms. The van der Waals surface area contributed by atoms with E-state index in [0.717, 1.165) is 16.0 Å². The van der Waals surface area contributed by atoms with E-state index in [4.69, 9.17) is 14.9 Å². The molecule has 0 aliphatic heterocycles. The van der Waals surface area contributed by atoms with E-state index in [1.807, 2.05) is 60.7 Å². The van der Waals surface area contributed by atoms with Crippen molar-refractivity contribution in [2.24, 2.45) is 0 Å². The highest BCUT2D eigenvalue weighted by molar-refractivity contribution is 7.22. The van der Waals surface area contributed by atoms with Gasteiger partial charge in [0.25, 0.3) is 0 Å². The molecule has 0 bridgehead atoms. The summed E-state index contributed by atoms with van der Waals surface area (Å²) in [7, 11) is 0. The van der Waals surface area contributed by atoms with Gasteiger partial charge in [-0.1, -0.05) is 29.5 Å². The average molecular weight is 386 g/mol. The van der Waals surface area contributed by atoms with Gasteiger partial charge in [0.15, 0.2) is 10.6 Å². The van der Waals surface area contributed by atoms with Gasteiger partial charge in [-0.25, -0.2) is 4.98 Å². The van der Waals surface area contributed by atoms with E-state index >= 15 is 0 Å². The molecule has 2 heterocycles. The largest absolute Gasteiger partial charge is 0.457 e. The van der Waals surface area contributed by atoms with Crippen LogP contribution in [-0.2, 0) is 0 Å². The van der Waals surface area contributed by atoms with Gasteiger partial charge in [0.2, 0.25) is 0 Å². The Hall–Kier alpha value is -3.64. The summed E-state index contributed by atoms with van der Waals surface area (Å²) in [5.74, 6) is 1.97. The summed E-state index contributed by atoms with van der Waals surface area (Å²) >= 11 is 1.29. The Bertz CT molecular complexity index is 1360. The fourth-order valence-corrected chi connectivity index (χ4v) is 3.98. The van der Waals surface area contributed by atoms with Crippen LogP contribution in [-0.4, -0.2) is 4.98 Å². The third kappa shape index (κ3) is 2.90. The summed E-state index contributed by atoms with van der Waals surface area (Å²) in [4.78, 5) is 17.0. The SMILES string of the molecule is Nc1nc2ccc3oc(-c4ccc(Oc5ccccc5)cc4)cc(=O)c3c2s1. The van der Waals surface area contributed by atoms with Crippen molar-refractivity contribution in [3.05, 3.63) is 83.0 Å². The second-order valence-corrected chi connectivity index (χ2v) is 7.28. The van der Waals surface area contributed by atoms with Gasteiger partial charge < -0.3 is 14.9 Å². The Morgan fingerprint density at radius 1 is 0.929 bits per heavy atom. The number of anilines is 1. The molecule has 0 amide bonds. The molecule has 28 heavy (non-hydrogen) atoms. The third-order valence-electron chi connectivity index (χ3n) is 4.38. The van der Waals surface area contributed by atoms with Crippen molar-refractivity contribution in [2.75, 3.05) is 5.73 Å². The molecule has 5 nitrogen and oxygen atoms in total. The number of aromatic nitrogens is 1. The lowest BCUT2D eigenvalue weighted by molar-refractivity contribution is 0.482. The van der Waals surface area contributed by atoms with Gasteiger partial charge >= 0.3 is 0 Å². The molecule has 0 unspecified atom stereocenters. The normalized spacial score (nSPS) is 11.1. The van der Waals surface area contributed by atoms with Crippen molar-refractivity contribution in [1.29, 1.82) is 0 Å². The standard InChI is InChI=1S/C22H14N2O3S/c23-22-24-16-10-11-18-20(21(16)28-22)17(25)12-19(27-18)13-6-8-15(9-7-13)26-14-4-2-1-3-5-14/h1-12H,(H2,23,24). The first kappa shape index (κ1) is 16.5. The number of thiazole rings is 1. The molecule has 5 rings (SSSR count). The Kier molecular flexibility index (Phi) is 3.84. The molecular formula is C22H14N2O3S. The quantitative estimate of drug-likeness (QED) is 0.446. The topological polar surface area (TPSA) is 78.3 Å². The van der Waals surface area contributed by atoms with Crippen molar-refractivity contribution in [2.45, 2.75) is 0 Å². The number of nitrogens with two attached hydrogens (primary N) is 1. The van der Waals surface area contributed by atoms with Crippen molar-refractivity contribution >= 4 is 37.7 Å². The first-order valence-electron chi connectivity index (χ1n) is 8.63. The van der Waals surface area contributed by atoms with Crippen LogP contribution in [0.25, 0.3) is 32.5 Å². The van der Waals surface area contributed by atoms with Crippen LogP contribution in [0.5, 0.6) is 11.5 Å². The maximum atomic E-state index is 12.8. The number of nitrogen functional groups attached to an aromatic ring is 1. The zero-order valence-corrected chi connectivity index (χ0v) is 15.4.